The van der Waals surface area contributed by atoms with Gasteiger partial charge in [0.15, 0.2) is 6.10 Å². The van der Waals surface area contributed by atoms with E-state index in [0.717, 1.165) is 5.56 Å². The van der Waals surface area contributed by atoms with E-state index in [9.17, 15) is 19.2 Å². The Labute approximate surface area is 175 Å². The summed E-state index contributed by atoms with van der Waals surface area (Å²) in [6.45, 7) is 4.70. The van der Waals surface area contributed by atoms with Crippen LogP contribution in [0.3, 0.4) is 0 Å². The van der Waals surface area contributed by atoms with Gasteiger partial charge in [-0.15, -0.1) is 0 Å². The highest BCUT2D eigenvalue weighted by molar-refractivity contribution is 5.98. The van der Waals surface area contributed by atoms with Gasteiger partial charge in [-0.2, -0.15) is 0 Å². The van der Waals surface area contributed by atoms with Crippen LogP contribution in [-0.2, 0) is 25.7 Å². The van der Waals surface area contributed by atoms with Crippen LogP contribution < -0.4 is 16.0 Å². The van der Waals surface area contributed by atoms with E-state index in [4.69, 9.17) is 4.74 Å². The van der Waals surface area contributed by atoms with Gasteiger partial charge in [0.2, 0.25) is 11.8 Å². The Morgan fingerprint density at radius 3 is 1.97 bits per heavy atom. The fourth-order valence-electron chi connectivity index (χ4n) is 2.71. The van der Waals surface area contributed by atoms with Crippen molar-refractivity contribution in [1.29, 1.82) is 0 Å². The van der Waals surface area contributed by atoms with Crippen molar-refractivity contribution in [3.05, 3.63) is 59.7 Å². The van der Waals surface area contributed by atoms with E-state index in [1.807, 2.05) is 30.3 Å². The number of hydrogen-bond donors (Lipinski definition) is 3. The van der Waals surface area contributed by atoms with Gasteiger partial charge in [-0.25, -0.2) is 4.79 Å². The van der Waals surface area contributed by atoms with Crippen LogP contribution in [0, 0.1) is 0 Å². The van der Waals surface area contributed by atoms with Gasteiger partial charge in [0.25, 0.3) is 5.91 Å². The second kappa shape index (κ2) is 10.8. The first-order chi connectivity index (χ1) is 14.3. The SMILES string of the molecule is CCC(OC(=O)c1cc(NC(C)=O)cc(NC(C)=O)c1)C(=O)NCc1ccccc1. The molecule has 0 aromatic heterocycles. The average molecular weight is 411 g/mol. The van der Waals surface area contributed by atoms with Crippen molar-refractivity contribution in [3.8, 4) is 0 Å². The minimum absolute atomic E-state index is 0.0966. The summed E-state index contributed by atoms with van der Waals surface area (Å²) in [5.41, 5.74) is 1.67. The predicted molar refractivity (Wildman–Crippen MR) is 113 cm³/mol. The summed E-state index contributed by atoms with van der Waals surface area (Å²) in [6.07, 6.45) is -0.689. The molecule has 0 heterocycles. The third-order valence-corrected chi connectivity index (χ3v) is 4.03. The average Bonchev–Trinajstić information content (AvgIpc) is 2.69. The number of carbonyl (C=O) groups is 4. The molecule has 0 aliphatic rings. The van der Waals surface area contributed by atoms with E-state index >= 15 is 0 Å². The number of benzene rings is 2. The van der Waals surface area contributed by atoms with Crippen LogP contribution in [0.1, 0.15) is 43.1 Å². The summed E-state index contributed by atoms with van der Waals surface area (Å²) in [5, 5.41) is 7.88. The fraction of sp³-hybridized carbons (Fsp3) is 0.273. The monoisotopic (exact) mass is 411 g/mol. The van der Waals surface area contributed by atoms with Crippen LogP contribution in [0.5, 0.6) is 0 Å². The summed E-state index contributed by atoms with van der Waals surface area (Å²) in [6, 6.07) is 13.7. The molecule has 1 unspecified atom stereocenters. The molecule has 30 heavy (non-hydrogen) atoms. The van der Waals surface area contributed by atoms with Gasteiger partial charge < -0.3 is 20.7 Å². The molecule has 0 aliphatic heterocycles. The van der Waals surface area contributed by atoms with Crippen molar-refractivity contribution in [2.75, 3.05) is 10.6 Å². The zero-order chi connectivity index (χ0) is 22.1. The van der Waals surface area contributed by atoms with Crippen LogP contribution in [0.15, 0.2) is 48.5 Å². The Bertz CT molecular complexity index is 893. The molecule has 3 N–H and O–H groups in total. The van der Waals surface area contributed by atoms with Gasteiger partial charge in [-0.1, -0.05) is 37.3 Å². The minimum Gasteiger partial charge on any atom is -0.449 e. The lowest BCUT2D eigenvalue weighted by Crippen LogP contribution is -2.37. The van der Waals surface area contributed by atoms with Gasteiger partial charge in [-0.3, -0.25) is 14.4 Å². The van der Waals surface area contributed by atoms with Crippen LogP contribution in [0.4, 0.5) is 11.4 Å². The van der Waals surface area contributed by atoms with Gasteiger partial charge >= 0.3 is 5.97 Å². The number of anilines is 2. The number of amides is 3. The molecule has 8 nitrogen and oxygen atoms in total. The summed E-state index contributed by atoms with van der Waals surface area (Å²) >= 11 is 0. The lowest BCUT2D eigenvalue weighted by Gasteiger charge is -2.17. The van der Waals surface area contributed by atoms with Crippen molar-refractivity contribution in [2.45, 2.75) is 39.8 Å². The van der Waals surface area contributed by atoms with E-state index in [2.05, 4.69) is 16.0 Å². The summed E-state index contributed by atoms with van der Waals surface area (Å²) in [4.78, 5) is 47.8. The molecule has 3 amide bonds. The molecule has 0 fully saturated rings. The van der Waals surface area contributed by atoms with Crippen molar-refractivity contribution in [2.24, 2.45) is 0 Å². The molecule has 0 saturated carbocycles. The summed E-state index contributed by atoms with van der Waals surface area (Å²) < 4.78 is 5.38. The van der Waals surface area contributed by atoms with Crippen molar-refractivity contribution >= 4 is 35.1 Å². The topological polar surface area (TPSA) is 114 Å². The smallest absolute Gasteiger partial charge is 0.339 e. The third-order valence-electron chi connectivity index (χ3n) is 4.03. The van der Waals surface area contributed by atoms with E-state index in [-0.39, 0.29) is 23.8 Å². The summed E-state index contributed by atoms with van der Waals surface area (Å²) in [7, 11) is 0. The fourth-order valence-corrected chi connectivity index (χ4v) is 2.71. The Balaban J connectivity index is 2.11. The quantitative estimate of drug-likeness (QED) is 0.578. The van der Waals surface area contributed by atoms with E-state index in [1.165, 1.54) is 32.0 Å². The Morgan fingerprint density at radius 1 is 0.900 bits per heavy atom. The lowest BCUT2D eigenvalue weighted by atomic mass is 10.1. The highest BCUT2D eigenvalue weighted by atomic mass is 16.5. The van der Waals surface area contributed by atoms with Gasteiger partial charge in [-0.05, 0) is 30.2 Å². The first-order valence-corrected chi connectivity index (χ1v) is 9.51. The minimum atomic E-state index is -0.977. The van der Waals surface area contributed by atoms with E-state index in [0.29, 0.717) is 17.9 Å². The molecule has 2 aromatic rings. The number of esters is 1. The zero-order valence-electron chi connectivity index (χ0n) is 17.2. The predicted octanol–water partition coefficient (Wildman–Crippen LogP) is 2.86. The molecule has 0 saturated heterocycles. The third kappa shape index (κ3) is 7.05. The highest BCUT2D eigenvalue weighted by Crippen LogP contribution is 2.21. The molecular weight excluding hydrogens is 386 g/mol. The molecule has 2 rings (SSSR count). The standard InChI is InChI=1S/C22H25N3O5/c1-4-20(21(28)23-13-16-8-6-5-7-9-16)30-22(29)17-10-18(24-14(2)26)12-19(11-17)25-15(3)27/h5-12,20H,4,13H2,1-3H3,(H,23,28)(H,24,26)(H,25,27). The van der Waals surface area contributed by atoms with Crippen LogP contribution in [-0.4, -0.2) is 29.8 Å². The Hall–Kier alpha value is -3.68. The molecule has 1 atom stereocenters. The number of carbonyl (C=O) groups excluding carboxylic acids is 4. The van der Waals surface area contributed by atoms with Crippen LogP contribution in [0.2, 0.25) is 0 Å². The molecular formula is C22H25N3O5. The van der Waals surface area contributed by atoms with Gasteiger partial charge in [0.05, 0.1) is 5.56 Å². The highest BCUT2D eigenvalue weighted by Gasteiger charge is 2.22. The maximum absolute atomic E-state index is 12.6. The first-order valence-electron chi connectivity index (χ1n) is 9.51. The number of hydrogen-bond acceptors (Lipinski definition) is 5. The normalized spacial score (nSPS) is 11.2. The maximum atomic E-state index is 12.6. The second-order valence-corrected chi connectivity index (χ2v) is 6.67. The number of rotatable bonds is 8. The molecule has 8 heteroatoms. The largest absolute Gasteiger partial charge is 0.449 e. The maximum Gasteiger partial charge on any atom is 0.339 e. The van der Waals surface area contributed by atoms with Crippen molar-refractivity contribution in [3.63, 3.8) is 0 Å². The molecule has 158 valence electrons. The number of nitrogens with one attached hydrogen (secondary N) is 3. The first kappa shape index (κ1) is 22.6. The van der Waals surface area contributed by atoms with Crippen LogP contribution in [0.25, 0.3) is 0 Å². The zero-order valence-corrected chi connectivity index (χ0v) is 17.2. The molecule has 0 bridgehead atoms. The number of ether oxygens (including phenoxy) is 1. The van der Waals surface area contributed by atoms with Gasteiger partial charge in [0.1, 0.15) is 0 Å². The van der Waals surface area contributed by atoms with Crippen molar-refractivity contribution in [1.82, 2.24) is 5.32 Å². The van der Waals surface area contributed by atoms with Crippen LogP contribution >= 0.6 is 0 Å². The van der Waals surface area contributed by atoms with E-state index < -0.39 is 18.0 Å². The second-order valence-electron chi connectivity index (χ2n) is 6.67. The van der Waals surface area contributed by atoms with Gasteiger partial charge in [0, 0.05) is 31.8 Å². The van der Waals surface area contributed by atoms with Crippen molar-refractivity contribution < 1.29 is 23.9 Å². The van der Waals surface area contributed by atoms with E-state index in [1.54, 1.807) is 6.92 Å². The Morgan fingerprint density at radius 2 is 1.47 bits per heavy atom. The summed E-state index contributed by atoms with van der Waals surface area (Å²) in [5.74, 6) is -1.81. The lowest BCUT2D eigenvalue weighted by molar-refractivity contribution is -0.130. The molecule has 2 aromatic carbocycles. The molecule has 0 spiro atoms. The molecule has 0 radical (unpaired) electrons. The Kier molecular flexibility index (Phi) is 8.10. The molecule has 0 aliphatic carbocycles.